The average Bonchev–Trinajstić information content (AvgIpc) is 2.38. The van der Waals surface area contributed by atoms with E-state index in [0.717, 1.165) is 19.4 Å². The van der Waals surface area contributed by atoms with Gasteiger partial charge in [-0.25, -0.2) is 0 Å². The molecule has 0 spiro atoms. The number of rotatable bonds is 7. The summed E-state index contributed by atoms with van der Waals surface area (Å²) in [5, 5.41) is 2.88. The van der Waals surface area contributed by atoms with Crippen LogP contribution in [0.25, 0.3) is 0 Å². The maximum atomic E-state index is 11.6. The van der Waals surface area contributed by atoms with Crippen LogP contribution in [0.15, 0.2) is 24.3 Å². The number of likely N-dealkylation sites (N-methyl/N-ethyl adjacent to an activating group) is 2. The van der Waals surface area contributed by atoms with E-state index < -0.39 is 0 Å². The van der Waals surface area contributed by atoms with E-state index in [-0.39, 0.29) is 5.91 Å². The molecule has 0 atom stereocenters. The normalized spacial score (nSPS) is 10.4. The molecule has 1 N–H and O–H groups in total. The smallest absolute Gasteiger partial charge is 0.236 e. The van der Waals surface area contributed by atoms with E-state index in [9.17, 15) is 4.79 Å². The summed E-state index contributed by atoms with van der Waals surface area (Å²) in [6, 6.07) is 8.71. The van der Waals surface area contributed by atoms with Gasteiger partial charge in [0.05, 0.1) is 6.54 Å². The van der Waals surface area contributed by atoms with Crippen molar-refractivity contribution in [3.05, 3.63) is 35.4 Å². The SMILES string of the molecule is CCCc1ccc(CCN(C)C(=O)CNC)cc1. The highest BCUT2D eigenvalue weighted by atomic mass is 16.2. The second-order valence-electron chi connectivity index (χ2n) is 4.66. The molecular formula is C15H24N2O. The Hall–Kier alpha value is -1.35. The maximum absolute atomic E-state index is 11.6. The minimum absolute atomic E-state index is 0.139. The fourth-order valence-corrected chi connectivity index (χ4v) is 1.87. The molecule has 100 valence electrons. The Labute approximate surface area is 110 Å². The van der Waals surface area contributed by atoms with E-state index in [1.54, 1.807) is 11.9 Å². The van der Waals surface area contributed by atoms with Gasteiger partial charge in [0.2, 0.25) is 5.91 Å². The van der Waals surface area contributed by atoms with Crippen molar-refractivity contribution in [1.82, 2.24) is 10.2 Å². The molecule has 0 aliphatic rings. The third-order valence-electron chi connectivity index (χ3n) is 3.05. The predicted molar refractivity (Wildman–Crippen MR) is 75.7 cm³/mol. The Morgan fingerprint density at radius 2 is 1.72 bits per heavy atom. The first-order valence-electron chi connectivity index (χ1n) is 6.63. The number of carbonyl (C=O) groups is 1. The number of aryl methyl sites for hydroxylation is 1. The highest BCUT2D eigenvalue weighted by Gasteiger charge is 2.06. The van der Waals surface area contributed by atoms with Gasteiger partial charge in [0.1, 0.15) is 0 Å². The molecule has 3 heteroatoms. The lowest BCUT2D eigenvalue weighted by Crippen LogP contribution is -2.35. The van der Waals surface area contributed by atoms with Gasteiger partial charge in [-0.1, -0.05) is 37.6 Å². The van der Waals surface area contributed by atoms with Gasteiger partial charge in [0.15, 0.2) is 0 Å². The van der Waals surface area contributed by atoms with Gasteiger partial charge in [-0.2, -0.15) is 0 Å². The molecule has 0 aliphatic carbocycles. The van der Waals surface area contributed by atoms with E-state index in [2.05, 4.69) is 36.5 Å². The van der Waals surface area contributed by atoms with E-state index >= 15 is 0 Å². The predicted octanol–water partition coefficient (Wildman–Crippen LogP) is 1.86. The molecule has 0 saturated carbocycles. The quantitative estimate of drug-likeness (QED) is 0.799. The molecule has 3 nitrogen and oxygen atoms in total. The Balaban J connectivity index is 2.41. The van der Waals surface area contributed by atoms with Gasteiger partial charge in [-0.3, -0.25) is 4.79 Å². The molecule has 0 aliphatic heterocycles. The minimum Gasteiger partial charge on any atom is -0.344 e. The van der Waals surface area contributed by atoms with Crippen molar-refractivity contribution in [2.24, 2.45) is 0 Å². The lowest BCUT2D eigenvalue weighted by atomic mass is 10.1. The van der Waals surface area contributed by atoms with Crippen LogP contribution in [-0.2, 0) is 17.6 Å². The summed E-state index contributed by atoms with van der Waals surface area (Å²) in [7, 11) is 3.64. The topological polar surface area (TPSA) is 32.3 Å². The van der Waals surface area contributed by atoms with Gasteiger partial charge >= 0.3 is 0 Å². The molecule has 0 unspecified atom stereocenters. The fourth-order valence-electron chi connectivity index (χ4n) is 1.87. The molecule has 0 heterocycles. The lowest BCUT2D eigenvalue weighted by Gasteiger charge is -2.16. The number of benzene rings is 1. The second-order valence-corrected chi connectivity index (χ2v) is 4.66. The molecule has 18 heavy (non-hydrogen) atoms. The summed E-state index contributed by atoms with van der Waals surface area (Å²) >= 11 is 0. The van der Waals surface area contributed by atoms with E-state index in [1.165, 1.54) is 17.5 Å². The first kappa shape index (κ1) is 14.7. The summed E-state index contributed by atoms with van der Waals surface area (Å²) < 4.78 is 0. The molecule has 1 aromatic rings. The van der Waals surface area contributed by atoms with Crippen LogP contribution in [-0.4, -0.2) is 38.0 Å². The molecule has 0 saturated heterocycles. The largest absolute Gasteiger partial charge is 0.344 e. The second kappa shape index (κ2) is 7.88. The van der Waals surface area contributed by atoms with Crippen LogP contribution in [0.4, 0.5) is 0 Å². The van der Waals surface area contributed by atoms with Crippen molar-refractivity contribution in [2.75, 3.05) is 27.2 Å². The number of nitrogens with zero attached hydrogens (tertiary/aromatic N) is 1. The number of amides is 1. The van der Waals surface area contributed by atoms with Crippen molar-refractivity contribution >= 4 is 5.91 Å². The summed E-state index contributed by atoms with van der Waals surface area (Å²) in [5.41, 5.74) is 2.68. The van der Waals surface area contributed by atoms with Gasteiger partial charge in [0, 0.05) is 13.6 Å². The van der Waals surface area contributed by atoms with E-state index in [4.69, 9.17) is 0 Å². The zero-order chi connectivity index (χ0) is 13.4. The molecule has 1 rings (SSSR count). The van der Waals surface area contributed by atoms with Gasteiger partial charge in [-0.05, 0) is 31.0 Å². The number of hydrogen-bond acceptors (Lipinski definition) is 2. The highest BCUT2D eigenvalue weighted by molar-refractivity contribution is 5.77. The monoisotopic (exact) mass is 248 g/mol. The van der Waals surface area contributed by atoms with Crippen molar-refractivity contribution in [1.29, 1.82) is 0 Å². The van der Waals surface area contributed by atoms with Gasteiger partial charge in [-0.15, -0.1) is 0 Å². The number of carbonyl (C=O) groups excluding carboxylic acids is 1. The van der Waals surface area contributed by atoms with Crippen LogP contribution in [0.1, 0.15) is 24.5 Å². The lowest BCUT2D eigenvalue weighted by molar-refractivity contribution is -0.128. The Morgan fingerprint density at radius 1 is 1.17 bits per heavy atom. The maximum Gasteiger partial charge on any atom is 0.236 e. The zero-order valence-corrected chi connectivity index (χ0v) is 11.7. The summed E-state index contributed by atoms with van der Waals surface area (Å²) in [6.07, 6.45) is 3.24. The molecule has 0 bridgehead atoms. The van der Waals surface area contributed by atoms with Crippen LogP contribution in [0.5, 0.6) is 0 Å². The van der Waals surface area contributed by atoms with E-state index in [0.29, 0.717) is 6.54 Å². The van der Waals surface area contributed by atoms with Crippen LogP contribution in [0, 0.1) is 0 Å². The Kier molecular flexibility index (Phi) is 6.44. The van der Waals surface area contributed by atoms with E-state index in [1.807, 2.05) is 7.05 Å². The Bertz CT molecular complexity index is 359. The minimum atomic E-state index is 0.139. The fraction of sp³-hybridized carbons (Fsp3) is 0.533. The highest BCUT2D eigenvalue weighted by Crippen LogP contribution is 2.07. The van der Waals surface area contributed by atoms with Crippen molar-refractivity contribution < 1.29 is 4.79 Å². The van der Waals surface area contributed by atoms with Crippen LogP contribution in [0.3, 0.4) is 0 Å². The van der Waals surface area contributed by atoms with Crippen molar-refractivity contribution in [2.45, 2.75) is 26.2 Å². The third-order valence-corrected chi connectivity index (χ3v) is 3.05. The van der Waals surface area contributed by atoms with Crippen molar-refractivity contribution in [3.63, 3.8) is 0 Å². The number of nitrogens with one attached hydrogen (secondary N) is 1. The first-order valence-corrected chi connectivity index (χ1v) is 6.63. The summed E-state index contributed by atoms with van der Waals surface area (Å²) in [4.78, 5) is 13.3. The standard InChI is InChI=1S/C15H24N2O/c1-4-5-13-6-8-14(9-7-13)10-11-17(3)15(18)12-16-2/h6-9,16H,4-5,10-12H2,1-3H3. The Morgan fingerprint density at radius 3 is 2.22 bits per heavy atom. The molecule has 0 aromatic heterocycles. The number of hydrogen-bond donors (Lipinski definition) is 1. The summed E-state index contributed by atoms with van der Waals surface area (Å²) in [6.45, 7) is 3.37. The zero-order valence-electron chi connectivity index (χ0n) is 11.7. The molecule has 1 amide bonds. The molecule has 0 fully saturated rings. The van der Waals surface area contributed by atoms with Crippen LogP contribution >= 0.6 is 0 Å². The van der Waals surface area contributed by atoms with Gasteiger partial charge in [0.25, 0.3) is 0 Å². The average molecular weight is 248 g/mol. The molecule has 1 aromatic carbocycles. The summed E-state index contributed by atoms with van der Waals surface area (Å²) in [5.74, 6) is 0.139. The van der Waals surface area contributed by atoms with Gasteiger partial charge < -0.3 is 10.2 Å². The third kappa shape index (κ3) is 4.88. The van der Waals surface area contributed by atoms with Crippen LogP contribution in [0.2, 0.25) is 0 Å². The first-order chi connectivity index (χ1) is 8.67. The molecule has 0 radical (unpaired) electrons. The van der Waals surface area contributed by atoms with Crippen molar-refractivity contribution in [3.8, 4) is 0 Å². The van der Waals surface area contributed by atoms with Crippen LogP contribution < -0.4 is 5.32 Å². The molecular weight excluding hydrogens is 224 g/mol.